The summed E-state index contributed by atoms with van der Waals surface area (Å²) in [5, 5.41) is 9.70. The van der Waals surface area contributed by atoms with Crippen LogP contribution < -0.4 is 16.0 Å². The van der Waals surface area contributed by atoms with Gasteiger partial charge in [0.15, 0.2) is 5.78 Å². The van der Waals surface area contributed by atoms with E-state index in [9.17, 15) is 4.79 Å². The number of carbonyl (C=O) groups is 1. The smallest absolute Gasteiger partial charge is 0.233 e. The van der Waals surface area contributed by atoms with Crippen LogP contribution in [0.2, 0.25) is 0 Å². The lowest BCUT2D eigenvalue weighted by Gasteiger charge is -2.12. The van der Waals surface area contributed by atoms with E-state index in [1.54, 1.807) is 12.1 Å². The lowest BCUT2D eigenvalue weighted by Crippen LogP contribution is -2.07. The Balaban J connectivity index is 1.62. The number of hydrogen-bond donors (Lipinski definition) is 3. The molecule has 7 heteroatoms. The Morgan fingerprint density at radius 3 is 1.70 bits per heavy atom. The second kappa shape index (κ2) is 9.91. The highest BCUT2D eigenvalue weighted by Crippen LogP contribution is 2.22. The van der Waals surface area contributed by atoms with E-state index in [0.717, 1.165) is 22.6 Å². The van der Waals surface area contributed by atoms with Gasteiger partial charge in [0, 0.05) is 29.0 Å². The summed E-state index contributed by atoms with van der Waals surface area (Å²) in [7, 11) is 0. The summed E-state index contributed by atoms with van der Waals surface area (Å²) in [6, 6.07) is 23.3. The van der Waals surface area contributed by atoms with Crippen molar-refractivity contribution in [2.45, 2.75) is 27.2 Å². The van der Waals surface area contributed by atoms with Crippen molar-refractivity contribution in [1.82, 2.24) is 15.0 Å². The van der Waals surface area contributed by atoms with Crippen molar-refractivity contribution >= 4 is 40.7 Å². The zero-order chi connectivity index (χ0) is 23.2. The van der Waals surface area contributed by atoms with Crippen LogP contribution in [0.25, 0.3) is 0 Å². The third kappa shape index (κ3) is 5.92. The Kier molecular flexibility index (Phi) is 6.59. The van der Waals surface area contributed by atoms with E-state index in [1.165, 1.54) is 5.56 Å². The number of aryl methyl sites for hydroxylation is 2. The molecule has 0 saturated carbocycles. The SMILES string of the molecule is CCC(=O)c1ccc(Nc2nc(Nc3ccc(C)cc3)nc(Nc3cccc(C)c3)n2)cc1. The van der Waals surface area contributed by atoms with E-state index in [4.69, 9.17) is 0 Å². The second-order valence-electron chi connectivity index (χ2n) is 7.77. The number of anilines is 6. The molecule has 0 amide bonds. The van der Waals surface area contributed by atoms with Crippen LogP contribution in [0.5, 0.6) is 0 Å². The van der Waals surface area contributed by atoms with Crippen LogP contribution in [0, 0.1) is 13.8 Å². The summed E-state index contributed by atoms with van der Waals surface area (Å²) >= 11 is 0. The minimum Gasteiger partial charge on any atom is -0.324 e. The summed E-state index contributed by atoms with van der Waals surface area (Å²) in [6.45, 7) is 5.92. The normalized spacial score (nSPS) is 10.5. The molecule has 0 atom stereocenters. The highest BCUT2D eigenvalue weighted by atomic mass is 16.1. The molecule has 0 radical (unpaired) electrons. The number of ketones is 1. The molecule has 0 fully saturated rings. The van der Waals surface area contributed by atoms with Crippen molar-refractivity contribution in [2.24, 2.45) is 0 Å². The molecule has 4 aromatic rings. The fourth-order valence-corrected chi connectivity index (χ4v) is 3.23. The summed E-state index contributed by atoms with van der Waals surface area (Å²) in [5.74, 6) is 1.30. The molecule has 0 bridgehead atoms. The van der Waals surface area contributed by atoms with Crippen LogP contribution in [0.15, 0.2) is 72.8 Å². The van der Waals surface area contributed by atoms with Crippen LogP contribution in [0.3, 0.4) is 0 Å². The maximum atomic E-state index is 11.9. The molecule has 0 spiro atoms. The third-order valence-corrected chi connectivity index (χ3v) is 5.00. The number of benzene rings is 3. The molecule has 1 heterocycles. The number of carbonyl (C=O) groups excluding carboxylic acids is 1. The second-order valence-corrected chi connectivity index (χ2v) is 7.77. The molecular weight excluding hydrogens is 412 g/mol. The summed E-state index contributed by atoms with van der Waals surface area (Å²) in [5.41, 5.74) is 5.52. The van der Waals surface area contributed by atoms with Crippen molar-refractivity contribution in [3.8, 4) is 0 Å². The van der Waals surface area contributed by atoms with Crippen LogP contribution in [0.1, 0.15) is 34.8 Å². The largest absolute Gasteiger partial charge is 0.324 e. The highest BCUT2D eigenvalue weighted by Gasteiger charge is 2.09. The Hall–Kier alpha value is -4.26. The fraction of sp³-hybridized carbons (Fsp3) is 0.154. The molecule has 3 aromatic carbocycles. The number of hydrogen-bond acceptors (Lipinski definition) is 7. The van der Waals surface area contributed by atoms with Crippen LogP contribution in [-0.2, 0) is 0 Å². The summed E-state index contributed by atoms with van der Waals surface area (Å²) in [6.07, 6.45) is 0.474. The Labute approximate surface area is 193 Å². The van der Waals surface area contributed by atoms with Crippen LogP contribution >= 0.6 is 0 Å². The van der Waals surface area contributed by atoms with Gasteiger partial charge in [-0.2, -0.15) is 15.0 Å². The molecule has 33 heavy (non-hydrogen) atoms. The molecular formula is C26H26N6O. The predicted molar refractivity (Wildman–Crippen MR) is 133 cm³/mol. The minimum atomic E-state index is 0.107. The average molecular weight is 439 g/mol. The Morgan fingerprint density at radius 1 is 0.667 bits per heavy atom. The number of nitrogens with one attached hydrogen (secondary N) is 3. The molecule has 0 aliphatic carbocycles. The zero-order valence-electron chi connectivity index (χ0n) is 18.9. The van der Waals surface area contributed by atoms with Gasteiger partial charge in [0.25, 0.3) is 0 Å². The molecule has 0 saturated heterocycles. The van der Waals surface area contributed by atoms with Crippen molar-refractivity contribution < 1.29 is 4.79 Å². The van der Waals surface area contributed by atoms with Gasteiger partial charge in [-0.05, 0) is 67.9 Å². The molecule has 0 unspecified atom stereocenters. The van der Waals surface area contributed by atoms with Gasteiger partial charge in [-0.25, -0.2) is 0 Å². The topological polar surface area (TPSA) is 91.8 Å². The molecule has 4 rings (SSSR count). The van der Waals surface area contributed by atoms with E-state index in [0.29, 0.717) is 29.8 Å². The monoisotopic (exact) mass is 438 g/mol. The number of aromatic nitrogens is 3. The zero-order valence-corrected chi connectivity index (χ0v) is 18.9. The van der Waals surface area contributed by atoms with Crippen LogP contribution in [-0.4, -0.2) is 20.7 Å². The van der Waals surface area contributed by atoms with E-state index in [1.807, 2.05) is 81.4 Å². The molecule has 166 valence electrons. The minimum absolute atomic E-state index is 0.107. The van der Waals surface area contributed by atoms with Crippen molar-refractivity contribution in [3.63, 3.8) is 0 Å². The van der Waals surface area contributed by atoms with Crippen molar-refractivity contribution in [1.29, 1.82) is 0 Å². The number of nitrogens with zero attached hydrogens (tertiary/aromatic N) is 3. The molecule has 3 N–H and O–H groups in total. The third-order valence-electron chi connectivity index (χ3n) is 5.00. The Morgan fingerprint density at radius 2 is 1.18 bits per heavy atom. The lowest BCUT2D eigenvalue weighted by atomic mass is 10.1. The first-order valence-corrected chi connectivity index (χ1v) is 10.8. The van der Waals surface area contributed by atoms with Gasteiger partial charge in [0.1, 0.15) is 0 Å². The van der Waals surface area contributed by atoms with Crippen molar-refractivity contribution in [3.05, 3.63) is 89.5 Å². The first-order valence-electron chi connectivity index (χ1n) is 10.8. The fourth-order valence-electron chi connectivity index (χ4n) is 3.23. The van der Waals surface area contributed by atoms with E-state index < -0.39 is 0 Å². The van der Waals surface area contributed by atoms with Gasteiger partial charge in [-0.3, -0.25) is 4.79 Å². The molecule has 1 aromatic heterocycles. The standard InChI is InChI=1S/C26H26N6O/c1-4-23(33)19-10-14-21(15-11-19)28-25-30-24(27-20-12-8-17(2)9-13-20)31-26(32-25)29-22-7-5-6-18(3)16-22/h5-16H,4H2,1-3H3,(H3,27,28,29,30,31,32). The van der Waals surface area contributed by atoms with Gasteiger partial charge in [-0.1, -0.05) is 36.8 Å². The average Bonchev–Trinajstić information content (AvgIpc) is 2.80. The Bertz CT molecular complexity index is 1250. The lowest BCUT2D eigenvalue weighted by molar-refractivity contribution is 0.0988. The van der Waals surface area contributed by atoms with Crippen LogP contribution in [0.4, 0.5) is 34.9 Å². The summed E-state index contributed by atoms with van der Waals surface area (Å²) in [4.78, 5) is 25.5. The number of rotatable bonds is 8. The quantitative estimate of drug-likeness (QED) is 0.278. The van der Waals surface area contributed by atoms with Gasteiger partial charge < -0.3 is 16.0 Å². The van der Waals surface area contributed by atoms with Crippen molar-refractivity contribution in [2.75, 3.05) is 16.0 Å². The first kappa shape index (κ1) is 22.0. The van der Waals surface area contributed by atoms with E-state index >= 15 is 0 Å². The summed E-state index contributed by atoms with van der Waals surface area (Å²) < 4.78 is 0. The van der Waals surface area contributed by atoms with Gasteiger partial charge >= 0.3 is 0 Å². The predicted octanol–water partition coefficient (Wildman–Crippen LogP) is 6.31. The van der Waals surface area contributed by atoms with Gasteiger partial charge in [-0.15, -0.1) is 0 Å². The highest BCUT2D eigenvalue weighted by molar-refractivity contribution is 5.96. The first-order chi connectivity index (χ1) is 16.0. The van der Waals surface area contributed by atoms with E-state index in [2.05, 4.69) is 30.9 Å². The van der Waals surface area contributed by atoms with Gasteiger partial charge in [0.05, 0.1) is 0 Å². The molecule has 0 aliphatic heterocycles. The maximum absolute atomic E-state index is 11.9. The molecule has 7 nitrogen and oxygen atoms in total. The maximum Gasteiger partial charge on any atom is 0.233 e. The number of Topliss-reactive ketones (excluding diaryl/α,β-unsaturated/α-hetero) is 1. The van der Waals surface area contributed by atoms with E-state index in [-0.39, 0.29) is 5.78 Å². The molecule has 0 aliphatic rings. The van der Waals surface area contributed by atoms with Gasteiger partial charge in [0.2, 0.25) is 17.8 Å².